The lowest BCUT2D eigenvalue weighted by atomic mass is 10.1. The van der Waals surface area contributed by atoms with E-state index in [2.05, 4.69) is 30.1 Å². The highest BCUT2D eigenvalue weighted by Gasteiger charge is 2.25. The van der Waals surface area contributed by atoms with Crippen molar-refractivity contribution >= 4 is 27.5 Å². The van der Waals surface area contributed by atoms with Crippen molar-refractivity contribution in [3.05, 3.63) is 59.2 Å². The fourth-order valence-corrected chi connectivity index (χ4v) is 4.27. The Bertz CT molecular complexity index is 925. The van der Waals surface area contributed by atoms with E-state index in [0.29, 0.717) is 0 Å². The van der Waals surface area contributed by atoms with Crippen molar-refractivity contribution in [2.75, 3.05) is 13.1 Å². The highest BCUT2D eigenvalue weighted by Crippen LogP contribution is 2.31. The van der Waals surface area contributed by atoms with Crippen LogP contribution in [0.15, 0.2) is 42.5 Å². The van der Waals surface area contributed by atoms with Gasteiger partial charge in [0, 0.05) is 31.5 Å². The van der Waals surface area contributed by atoms with Crippen LogP contribution < -0.4 is 4.74 Å². The molecule has 2 aromatic carbocycles. The van der Waals surface area contributed by atoms with Gasteiger partial charge in [-0.3, -0.25) is 4.79 Å². The monoisotopic (exact) mass is 366 g/mol. The van der Waals surface area contributed by atoms with Crippen molar-refractivity contribution in [1.29, 1.82) is 0 Å². The number of aromatic nitrogens is 1. The average molecular weight is 366 g/mol. The van der Waals surface area contributed by atoms with Crippen LogP contribution in [0.2, 0.25) is 0 Å². The SMILES string of the molecule is Cc1ccc(C(=O)N2CCC(Oc3nc4c(C)cccc4s3)CC2)cc1. The molecule has 0 radical (unpaired) electrons. The minimum absolute atomic E-state index is 0.110. The Labute approximate surface area is 157 Å². The van der Waals surface area contributed by atoms with Crippen LogP contribution in [0.25, 0.3) is 10.2 Å². The molecule has 134 valence electrons. The highest BCUT2D eigenvalue weighted by molar-refractivity contribution is 7.20. The van der Waals surface area contributed by atoms with Crippen LogP contribution >= 0.6 is 11.3 Å². The van der Waals surface area contributed by atoms with Crippen molar-refractivity contribution in [2.24, 2.45) is 0 Å². The summed E-state index contributed by atoms with van der Waals surface area (Å²) in [5.41, 5.74) is 4.13. The summed E-state index contributed by atoms with van der Waals surface area (Å²) in [7, 11) is 0. The first-order chi connectivity index (χ1) is 12.6. The summed E-state index contributed by atoms with van der Waals surface area (Å²) in [6.45, 7) is 5.55. The molecule has 0 saturated carbocycles. The van der Waals surface area contributed by atoms with Crippen LogP contribution in [-0.4, -0.2) is 35.0 Å². The number of aryl methyl sites for hydroxylation is 2. The Hall–Kier alpha value is -2.40. The second-order valence-corrected chi connectivity index (χ2v) is 7.87. The fraction of sp³-hybridized carbons (Fsp3) is 0.333. The van der Waals surface area contributed by atoms with Gasteiger partial charge in [0.2, 0.25) is 0 Å². The van der Waals surface area contributed by atoms with E-state index in [9.17, 15) is 4.79 Å². The lowest BCUT2D eigenvalue weighted by Crippen LogP contribution is -2.41. The molecule has 2 heterocycles. The van der Waals surface area contributed by atoms with Gasteiger partial charge in [-0.2, -0.15) is 0 Å². The number of amides is 1. The zero-order chi connectivity index (χ0) is 18.1. The van der Waals surface area contributed by atoms with Crippen molar-refractivity contribution in [3.8, 4) is 5.19 Å². The van der Waals surface area contributed by atoms with Crippen LogP contribution in [0, 0.1) is 13.8 Å². The summed E-state index contributed by atoms with van der Waals surface area (Å²) in [6, 6.07) is 14.0. The Kier molecular flexibility index (Phi) is 4.64. The standard InChI is InChI=1S/C21H22N2O2S/c1-14-6-8-16(9-7-14)20(24)23-12-10-17(11-13-23)25-21-22-19-15(2)4-3-5-18(19)26-21/h3-9,17H,10-13H2,1-2H3. The molecule has 0 aliphatic carbocycles. The van der Waals surface area contributed by atoms with E-state index < -0.39 is 0 Å². The van der Waals surface area contributed by atoms with Gasteiger partial charge in [-0.05, 0) is 37.6 Å². The van der Waals surface area contributed by atoms with Gasteiger partial charge in [-0.1, -0.05) is 41.2 Å². The summed E-state index contributed by atoms with van der Waals surface area (Å²) >= 11 is 1.60. The predicted octanol–water partition coefficient (Wildman–Crippen LogP) is 4.60. The maximum Gasteiger partial charge on any atom is 0.274 e. The molecule has 1 amide bonds. The number of fused-ring (bicyclic) bond motifs is 1. The molecule has 4 rings (SSSR count). The highest BCUT2D eigenvalue weighted by atomic mass is 32.1. The molecule has 4 nitrogen and oxygen atoms in total. The lowest BCUT2D eigenvalue weighted by Gasteiger charge is -2.31. The summed E-state index contributed by atoms with van der Waals surface area (Å²) in [5, 5.41) is 0.734. The number of rotatable bonds is 3. The predicted molar refractivity (Wildman–Crippen MR) is 105 cm³/mol. The molecule has 3 aromatic rings. The van der Waals surface area contributed by atoms with Crippen LogP contribution in [0.5, 0.6) is 5.19 Å². The van der Waals surface area contributed by atoms with E-state index in [1.807, 2.05) is 36.1 Å². The van der Waals surface area contributed by atoms with Crippen LogP contribution in [0.4, 0.5) is 0 Å². The Morgan fingerprint density at radius 1 is 1.12 bits per heavy atom. The number of hydrogen-bond donors (Lipinski definition) is 0. The first kappa shape index (κ1) is 17.0. The number of thiazole rings is 1. The van der Waals surface area contributed by atoms with Gasteiger partial charge in [-0.25, -0.2) is 4.98 Å². The first-order valence-corrected chi connectivity index (χ1v) is 9.80. The normalized spacial score (nSPS) is 15.4. The van der Waals surface area contributed by atoms with Crippen molar-refractivity contribution in [3.63, 3.8) is 0 Å². The van der Waals surface area contributed by atoms with Gasteiger partial charge in [-0.15, -0.1) is 0 Å². The number of carbonyl (C=O) groups is 1. The minimum Gasteiger partial charge on any atom is -0.467 e. The maximum atomic E-state index is 12.6. The number of ether oxygens (including phenoxy) is 1. The number of carbonyl (C=O) groups excluding carboxylic acids is 1. The molecule has 1 aromatic heterocycles. The molecular weight excluding hydrogens is 344 g/mol. The molecule has 5 heteroatoms. The molecule has 1 fully saturated rings. The number of hydrogen-bond acceptors (Lipinski definition) is 4. The van der Waals surface area contributed by atoms with Gasteiger partial charge >= 0.3 is 0 Å². The van der Waals surface area contributed by atoms with Crippen molar-refractivity contribution in [1.82, 2.24) is 9.88 Å². The third kappa shape index (κ3) is 3.44. The Morgan fingerprint density at radius 2 is 1.85 bits per heavy atom. The number of nitrogens with zero attached hydrogens (tertiary/aromatic N) is 2. The van der Waals surface area contributed by atoms with Gasteiger partial charge in [0.15, 0.2) is 0 Å². The smallest absolute Gasteiger partial charge is 0.274 e. The third-order valence-electron chi connectivity index (χ3n) is 4.90. The molecule has 0 N–H and O–H groups in total. The molecule has 0 spiro atoms. The maximum absolute atomic E-state index is 12.6. The topological polar surface area (TPSA) is 42.4 Å². The van der Waals surface area contributed by atoms with E-state index in [1.165, 1.54) is 11.1 Å². The molecule has 0 unspecified atom stereocenters. The van der Waals surface area contributed by atoms with E-state index in [1.54, 1.807) is 11.3 Å². The molecule has 1 aliphatic heterocycles. The summed E-state index contributed by atoms with van der Waals surface area (Å²) < 4.78 is 7.27. The van der Waals surface area contributed by atoms with E-state index in [-0.39, 0.29) is 12.0 Å². The van der Waals surface area contributed by atoms with Gasteiger partial charge < -0.3 is 9.64 Å². The second kappa shape index (κ2) is 7.08. The summed E-state index contributed by atoms with van der Waals surface area (Å²) in [6.07, 6.45) is 1.80. The Balaban J connectivity index is 1.37. The summed E-state index contributed by atoms with van der Waals surface area (Å²) in [4.78, 5) is 19.2. The summed E-state index contributed by atoms with van der Waals surface area (Å²) in [5.74, 6) is 0.110. The molecule has 1 aliphatic rings. The van der Waals surface area contributed by atoms with E-state index in [0.717, 1.165) is 46.9 Å². The van der Waals surface area contributed by atoms with Gasteiger partial charge in [0.05, 0.1) is 10.2 Å². The zero-order valence-corrected chi connectivity index (χ0v) is 15.9. The van der Waals surface area contributed by atoms with E-state index in [4.69, 9.17) is 4.74 Å². The number of benzene rings is 2. The Morgan fingerprint density at radius 3 is 2.54 bits per heavy atom. The van der Waals surface area contributed by atoms with Gasteiger partial charge in [0.25, 0.3) is 11.1 Å². The first-order valence-electron chi connectivity index (χ1n) is 8.99. The third-order valence-corrected chi connectivity index (χ3v) is 5.81. The quantitative estimate of drug-likeness (QED) is 0.680. The van der Waals surface area contributed by atoms with Crippen LogP contribution in [0.3, 0.4) is 0 Å². The number of likely N-dealkylation sites (tertiary alicyclic amines) is 1. The molecule has 0 bridgehead atoms. The van der Waals surface area contributed by atoms with Crippen molar-refractivity contribution < 1.29 is 9.53 Å². The minimum atomic E-state index is 0.110. The molecular formula is C21H22N2O2S. The zero-order valence-electron chi connectivity index (χ0n) is 15.1. The van der Waals surface area contributed by atoms with E-state index >= 15 is 0 Å². The number of para-hydroxylation sites is 1. The second-order valence-electron chi connectivity index (χ2n) is 6.88. The average Bonchev–Trinajstić information content (AvgIpc) is 3.06. The van der Waals surface area contributed by atoms with Crippen LogP contribution in [0.1, 0.15) is 34.3 Å². The van der Waals surface area contributed by atoms with Crippen molar-refractivity contribution in [2.45, 2.75) is 32.8 Å². The molecule has 1 saturated heterocycles. The molecule has 0 atom stereocenters. The van der Waals surface area contributed by atoms with Gasteiger partial charge in [0.1, 0.15) is 6.10 Å². The molecule has 26 heavy (non-hydrogen) atoms. The fourth-order valence-electron chi connectivity index (χ4n) is 3.31. The number of piperidine rings is 1. The van der Waals surface area contributed by atoms with Crippen LogP contribution in [-0.2, 0) is 0 Å². The lowest BCUT2D eigenvalue weighted by molar-refractivity contribution is 0.0595. The largest absolute Gasteiger partial charge is 0.467 e.